The van der Waals surface area contributed by atoms with Crippen molar-refractivity contribution in [2.75, 3.05) is 5.32 Å². The van der Waals surface area contributed by atoms with Crippen molar-refractivity contribution in [1.29, 1.82) is 0 Å². The molecule has 8 heteroatoms. The molecule has 0 amide bonds. The summed E-state index contributed by atoms with van der Waals surface area (Å²) in [7, 11) is 1.98. The number of hydrogen-bond acceptors (Lipinski definition) is 5. The number of aryl methyl sites for hydroxylation is 1. The highest BCUT2D eigenvalue weighted by Gasteiger charge is 2.11. The van der Waals surface area contributed by atoms with E-state index in [9.17, 15) is 0 Å². The summed E-state index contributed by atoms with van der Waals surface area (Å²) in [6.45, 7) is 0. The third-order valence-electron chi connectivity index (χ3n) is 5.10. The fourth-order valence-electron chi connectivity index (χ4n) is 3.59. The van der Waals surface area contributed by atoms with Gasteiger partial charge in [-0.3, -0.25) is 5.10 Å². The predicted molar refractivity (Wildman–Crippen MR) is 112 cm³/mol. The van der Waals surface area contributed by atoms with Gasteiger partial charge in [0.1, 0.15) is 0 Å². The van der Waals surface area contributed by atoms with Crippen LogP contribution >= 0.6 is 0 Å². The predicted octanol–water partition coefficient (Wildman–Crippen LogP) is 3.90. The normalized spacial score (nSPS) is 11.6. The minimum Gasteiger partial charge on any atom is -0.337 e. The Morgan fingerprint density at radius 1 is 1.07 bits per heavy atom. The van der Waals surface area contributed by atoms with Crippen LogP contribution in [-0.2, 0) is 7.05 Å². The zero-order chi connectivity index (χ0) is 19.4. The van der Waals surface area contributed by atoms with Crippen molar-refractivity contribution < 1.29 is 0 Å². The molecule has 0 aliphatic carbocycles. The maximum atomic E-state index is 4.87. The monoisotopic (exact) mass is 380 g/mol. The Hall–Kier alpha value is -4.20. The van der Waals surface area contributed by atoms with Gasteiger partial charge in [0.25, 0.3) is 0 Å². The van der Waals surface area contributed by atoms with Crippen LogP contribution < -0.4 is 5.32 Å². The number of nitrogens with zero attached hydrogens (tertiary/aromatic N) is 6. The Labute approximate surface area is 164 Å². The fourth-order valence-corrected chi connectivity index (χ4v) is 3.59. The minimum atomic E-state index is 0.693. The van der Waals surface area contributed by atoms with Gasteiger partial charge < -0.3 is 14.3 Å². The van der Waals surface area contributed by atoms with Crippen LogP contribution in [0.15, 0.2) is 67.5 Å². The van der Waals surface area contributed by atoms with Crippen molar-refractivity contribution in [3.63, 3.8) is 0 Å². The highest BCUT2D eigenvalue weighted by atomic mass is 15.1. The smallest absolute Gasteiger partial charge is 0.180 e. The number of nitrogens with one attached hydrogen (secondary N) is 2. The third kappa shape index (κ3) is 2.53. The van der Waals surface area contributed by atoms with E-state index in [1.165, 1.54) is 0 Å². The lowest BCUT2D eigenvalue weighted by Gasteiger charge is -2.10. The summed E-state index contributed by atoms with van der Waals surface area (Å²) in [6, 6.07) is 12.2. The topological polar surface area (TPSA) is 88.7 Å². The number of anilines is 2. The van der Waals surface area contributed by atoms with E-state index in [-0.39, 0.29) is 0 Å². The summed E-state index contributed by atoms with van der Waals surface area (Å²) < 4.78 is 3.97. The lowest BCUT2D eigenvalue weighted by Crippen LogP contribution is -2.00. The van der Waals surface area contributed by atoms with Crippen molar-refractivity contribution in [3.05, 3.63) is 67.5 Å². The first kappa shape index (κ1) is 15.8. The standard InChI is InChI=1S/C21H16N8/c1-28-12-23-16-5-4-15(9-19(16)28)25-20-21-22-6-7-29(21)11-18(26-20)13-2-3-14-10-24-27-17(14)8-13/h2-12H,1H3,(H,24,27)(H,25,26). The molecule has 0 spiro atoms. The first-order chi connectivity index (χ1) is 14.2. The number of H-pyrrole nitrogens is 1. The van der Waals surface area contributed by atoms with E-state index in [1.54, 1.807) is 6.20 Å². The zero-order valence-corrected chi connectivity index (χ0v) is 15.5. The minimum absolute atomic E-state index is 0.693. The largest absolute Gasteiger partial charge is 0.337 e. The van der Waals surface area contributed by atoms with Gasteiger partial charge in [-0.2, -0.15) is 5.10 Å². The van der Waals surface area contributed by atoms with Gasteiger partial charge in [-0.05, 0) is 24.3 Å². The number of fused-ring (bicyclic) bond motifs is 3. The number of rotatable bonds is 3. The van der Waals surface area contributed by atoms with E-state index in [0.29, 0.717) is 5.82 Å². The Balaban J connectivity index is 1.48. The molecule has 29 heavy (non-hydrogen) atoms. The van der Waals surface area contributed by atoms with Crippen molar-refractivity contribution in [2.24, 2.45) is 7.05 Å². The van der Waals surface area contributed by atoms with Gasteiger partial charge in [0.05, 0.1) is 34.8 Å². The molecule has 6 aromatic rings. The molecule has 2 N–H and O–H groups in total. The quantitative estimate of drug-likeness (QED) is 0.486. The number of benzene rings is 2. The number of hydrogen-bond donors (Lipinski definition) is 2. The number of aromatic amines is 1. The van der Waals surface area contributed by atoms with Crippen LogP contribution in [0.1, 0.15) is 0 Å². The second-order valence-corrected chi connectivity index (χ2v) is 6.99. The maximum absolute atomic E-state index is 4.87. The van der Waals surface area contributed by atoms with Gasteiger partial charge in [0.2, 0.25) is 0 Å². The molecule has 0 saturated heterocycles. The molecule has 0 unspecified atom stereocenters. The summed E-state index contributed by atoms with van der Waals surface area (Å²) in [5.74, 6) is 0.693. The van der Waals surface area contributed by atoms with Crippen LogP contribution in [0.2, 0.25) is 0 Å². The first-order valence-electron chi connectivity index (χ1n) is 9.20. The van der Waals surface area contributed by atoms with Gasteiger partial charge in [-0.15, -0.1) is 0 Å². The Kier molecular flexibility index (Phi) is 3.22. The molecular weight excluding hydrogens is 364 g/mol. The molecule has 0 fully saturated rings. The SMILES string of the molecule is Cn1cnc2ccc(Nc3nc(-c4ccc5cn[nH]c5c4)cn4ccnc34)cc21. The average Bonchev–Trinajstić information content (AvgIpc) is 3.47. The van der Waals surface area contributed by atoms with Crippen LogP contribution in [0.4, 0.5) is 11.5 Å². The van der Waals surface area contributed by atoms with E-state index in [0.717, 1.165) is 44.5 Å². The number of imidazole rings is 2. The van der Waals surface area contributed by atoms with Gasteiger partial charge >= 0.3 is 0 Å². The molecule has 0 aliphatic heterocycles. The van der Waals surface area contributed by atoms with Crippen LogP contribution in [0, 0.1) is 0 Å². The summed E-state index contributed by atoms with van der Waals surface area (Å²) in [6.07, 6.45) is 9.30. The van der Waals surface area contributed by atoms with E-state index in [2.05, 4.69) is 43.7 Å². The van der Waals surface area contributed by atoms with Crippen molar-refractivity contribution >= 4 is 39.1 Å². The van der Waals surface area contributed by atoms with Crippen molar-refractivity contribution in [1.82, 2.24) is 34.1 Å². The second kappa shape index (κ2) is 5.90. The van der Waals surface area contributed by atoms with E-state index >= 15 is 0 Å². The fraction of sp³-hybridized carbons (Fsp3) is 0.0476. The highest BCUT2D eigenvalue weighted by molar-refractivity contribution is 5.85. The van der Waals surface area contributed by atoms with E-state index in [1.807, 2.05) is 59.1 Å². The maximum Gasteiger partial charge on any atom is 0.180 e. The van der Waals surface area contributed by atoms with Gasteiger partial charge in [-0.25, -0.2) is 15.0 Å². The molecule has 6 rings (SSSR count). The summed E-state index contributed by atoms with van der Waals surface area (Å²) >= 11 is 0. The Bertz CT molecular complexity index is 1500. The van der Waals surface area contributed by atoms with E-state index in [4.69, 9.17) is 4.98 Å². The zero-order valence-electron chi connectivity index (χ0n) is 15.5. The summed E-state index contributed by atoms with van der Waals surface area (Å²) in [5.41, 5.74) is 6.53. The van der Waals surface area contributed by atoms with Gasteiger partial charge in [0.15, 0.2) is 11.5 Å². The van der Waals surface area contributed by atoms with Crippen LogP contribution in [-0.4, -0.2) is 34.1 Å². The summed E-state index contributed by atoms with van der Waals surface area (Å²) in [4.78, 5) is 13.7. The third-order valence-corrected chi connectivity index (χ3v) is 5.10. The highest BCUT2D eigenvalue weighted by Crippen LogP contribution is 2.27. The molecule has 4 heterocycles. The molecule has 8 nitrogen and oxygen atoms in total. The molecule has 0 aliphatic rings. The number of aromatic nitrogens is 7. The van der Waals surface area contributed by atoms with Gasteiger partial charge in [-0.1, -0.05) is 12.1 Å². The average molecular weight is 380 g/mol. The molecular formula is C21H16N8. The lowest BCUT2D eigenvalue weighted by atomic mass is 10.1. The molecule has 0 atom stereocenters. The van der Waals surface area contributed by atoms with E-state index < -0.39 is 0 Å². The van der Waals surface area contributed by atoms with Crippen molar-refractivity contribution in [3.8, 4) is 11.3 Å². The lowest BCUT2D eigenvalue weighted by molar-refractivity contribution is 0.948. The Morgan fingerprint density at radius 2 is 2.03 bits per heavy atom. The van der Waals surface area contributed by atoms with Gasteiger partial charge in [0, 0.05) is 42.3 Å². The molecule has 0 radical (unpaired) electrons. The second-order valence-electron chi connectivity index (χ2n) is 6.99. The molecule has 4 aromatic heterocycles. The van der Waals surface area contributed by atoms with Crippen LogP contribution in [0.5, 0.6) is 0 Å². The van der Waals surface area contributed by atoms with Crippen LogP contribution in [0.3, 0.4) is 0 Å². The molecule has 140 valence electrons. The first-order valence-corrected chi connectivity index (χ1v) is 9.20. The molecule has 0 saturated carbocycles. The molecule has 2 aromatic carbocycles. The summed E-state index contributed by atoms with van der Waals surface area (Å²) in [5, 5.41) is 11.6. The Morgan fingerprint density at radius 3 is 3.00 bits per heavy atom. The molecule has 0 bridgehead atoms. The van der Waals surface area contributed by atoms with Crippen molar-refractivity contribution in [2.45, 2.75) is 0 Å². The van der Waals surface area contributed by atoms with Crippen LogP contribution in [0.25, 0.3) is 38.8 Å².